The summed E-state index contributed by atoms with van der Waals surface area (Å²) in [5, 5.41) is 0. The van der Waals surface area contributed by atoms with Gasteiger partial charge < -0.3 is 9.64 Å². The predicted molar refractivity (Wildman–Crippen MR) is 60.1 cm³/mol. The number of aromatic nitrogens is 1. The molecule has 1 aliphatic rings. The first kappa shape index (κ1) is 10.4. The summed E-state index contributed by atoms with van der Waals surface area (Å²) >= 11 is 0. The van der Waals surface area contributed by atoms with Crippen LogP contribution in [0.3, 0.4) is 0 Å². The Labute approximate surface area is 91.1 Å². The molecule has 0 radical (unpaired) electrons. The third-order valence-corrected chi connectivity index (χ3v) is 2.85. The van der Waals surface area contributed by atoms with Crippen LogP contribution in [0.4, 0.5) is 0 Å². The molecule has 0 aliphatic carbocycles. The Hall–Kier alpha value is -1.09. The minimum absolute atomic E-state index is 0.366. The van der Waals surface area contributed by atoms with E-state index in [1.54, 1.807) is 0 Å². The largest absolute Gasteiger partial charge is 0.489 e. The molecule has 82 valence electrons. The second kappa shape index (κ2) is 4.62. The first-order chi connectivity index (χ1) is 7.24. The average Bonchev–Trinajstić information content (AvgIpc) is 2.25. The third-order valence-electron chi connectivity index (χ3n) is 2.85. The Morgan fingerprint density at radius 2 is 2.07 bits per heavy atom. The fraction of sp³-hybridized carbons (Fsp3) is 0.583. The molecule has 0 saturated carbocycles. The molecule has 1 aromatic heterocycles. The zero-order valence-corrected chi connectivity index (χ0v) is 9.44. The van der Waals surface area contributed by atoms with E-state index < -0.39 is 0 Å². The van der Waals surface area contributed by atoms with Gasteiger partial charge in [0.05, 0.1) is 6.20 Å². The zero-order valence-electron chi connectivity index (χ0n) is 9.44. The summed E-state index contributed by atoms with van der Waals surface area (Å²) in [5.74, 6) is 0.898. The topological polar surface area (TPSA) is 25.4 Å². The summed E-state index contributed by atoms with van der Waals surface area (Å²) in [6, 6.07) is 3.99. The number of rotatable bonds is 2. The fourth-order valence-electron chi connectivity index (χ4n) is 1.82. The van der Waals surface area contributed by atoms with Crippen molar-refractivity contribution < 1.29 is 4.74 Å². The number of likely N-dealkylation sites (tertiary alicyclic amines) is 1. The summed E-state index contributed by atoms with van der Waals surface area (Å²) in [5.41, 5.74) is 1.03. The maximum Gasteiger partial charge on any atom is 0.138 e. The zero-order chi connectivity index (χ0) is 10.7. The minimum atomic E-state index is 0.366. The second-order valence-corrected chi connectivity index (χ2v) is 4.26. The predicted octanol–water partition coefficient (Wildman–Crippen LogP) is 1.86. The quantitative estimate of drug-likeness (QED) is 0.738. The van der Waals surface area contributed by atoms with Gasteiger partial charge in [0.25, 0.3) is 0 Å². The molecule has 2 rings (SSSR count). The van der Waals surface area contributed by atoms with Crippen LogP contribution in [0.5, 0.6) is 5.75 Å². The summed E-state index contributed by atoms with van der Waals surface area (Å²) in [7, 11) is 2.16. The van der Waals surface area contributed by atoms with Gasteiger partial charge in [0.1, 0.15) is 11.9 Å². The Morgan fingerprint density at radius 3 is 2.67 bits per heavy atom. The first-order valence-corrected chi connectivity index (χ1v) is 5.52. The molecule has 0 atom stereocenters. The van der Waals surface area contributed by atoms with Gasteiger partial charge in [-0.3, -0.25) is 4.98 Å². The van der Waals surface area contributed by atoms with E-state index in [9.17, 15) is 0 Å². The van der Waals surface area contributed by atoms with Gasteiger partial charge in [-0.25, -0.2) is 0 Å². The molecule has 3 nitrogen and oxygen atoms in total. The number of nitrogens with zero attached hydrogens (tertiary/aromatic N) is 2. The number of ether oxygens (including phenoxy) is 1. The lowest BCUT2D eigenvalue weighted by Crippen LogP contribution is -2.35. The molecular formula is C12H18N2O. The van der Waals surface area contributed by atoms with E-state index in [-0.39, 0.29) is 0 Å². The Morgan fingerprint density at radius 1 is 1.33 bits per heavy atom. The van der Waals surface area contributed by atoms with E-state index in [1.165, 1.54) is 0 Å². The average molecular weight is 206 g/mol. The summed E-state index contributed by atoms with van der Waals surface area (Å²) in [4.78, 5) is 6.56. The second-order valence-electron chi connectivity index (χ2n) is 4.26. The SMILES string of the molecule is Cc1ccc(OC2CCN(C)CC2)cn1. The van der Waals surface area contributed by atoms with Crippen LogP contribution in [0.25, 0.3) is 0 Å². The lowest BCUT2D eigenvalue weighted by molar-refractivity contribution is 0.114. The lowest BCUT2D eigenvalue weighted by Gasteiger charge is -2.29. The molecule has 0 unspecified atom stereocenters. The van der Waals surface area contributed by atoms with Crippen molar-refractivity contribution in [3.8, 4) is 5.75 Å². The Kier molecular flexibility index (Phi) is 3.21. The molecular weight excluding hydrogens is 188 g/mol. The third kappa shape index (κ3) is 2.93. The van der Waals surface area contributed by atoms with Crippen molar-refractivity contribution in [2.24, 2.45) is 0 Å². The van der Waals surface area contributed by atoms with E-state index in [2.05, 4.69) is 16.9 Å². The van der Waals surface area contributed by atoms with Crippen LogP contribution in [0, 0.1) is 6.92 Å². The molecule has 0 N–H and O–H groups in total. The molecule has 15 heavy (non-hydrogen) atoms. The van der Waals surface area contributed by atoms with Gasteiger partial charge in [-0.2, -0.15) is 0 Å². The number of piperidine rings is 1. The van der Waals surface area contributed by atoms with Crippen molar-refractivity contribution in [2.75, 3.05) is 20.1 Å². The molecule has 0 spiro atoms. The van der Waals surface area contributed by atoms with Gasteiger partial charge in [0, 0.05) is 18.8 Å². The smallest absolute Gasteiger partial charge is 0.138 e. The van der Waals surface area contributed by atoms with Crippen molar-refractivity contribution in [1.82, 2.24) is 9.88 Å². The highest BCUT2D eigenvalue weighted by Gasteiger charge is 2.17. The van der Waals surface area contributed by atoms with Crippen LogP contribution in [0.1, 0.15) is 18.5 Å². The lowest BCUT2D eigenvalue weighted by atomic mass is 10.1. The van der Waals surface area contributed by atoms with Gasteiger partial charge in [-0.15, -0.1) is 0 Å². The molecule has 2 heterocycles. The minimum Gasteiger partial charge on any atom is -0.489 e. The van der Waals surface area contributed by atoms with Crippen LogP contribution >= 0.6 is 0 Å². The van der Waals surface area contributed by atoms with Gasteiger partial charge in [0.2, 0.25) is 0 Å². The standard InChI is InChI=1S/C12H18N2O/c1-10-3-4-12(9-13-10)15-11-5-7-14(2)8-6-11/h3-4,9,11H,5-8H2,1-2H3. The van der Waals surface area contributed by atoms with Crippen LogP contribution in [-0.2, 0) is 0 Å². The van der Waals surface area contributed by atoms with Crippen molar-refractivity contribution in [3.63, 3.8) is 0 Å². The molecule has 0 aromatic carbocycles. The number of hydrogen-bond acceptors (Lipinski definition) is 3. The fourth-order valence-corrected chi connectivity index (χ4v) is 1.82. The number of hydrogen-bond donors (Lipinski definition) is 0. The van der Waals surface area contributed by atoms with E-state index in [0.717, 1.165) is 37.4 Å². The molecule has 0 bridgehead atoms. The Balaban J connectivity index is 1.89. The molecule has 1 fully saturated rings. The summed E-state index contributed by atoms with van der Waals surface area (Å²) < 4.78 is 5.87. The first-order valence-electron chi connectivity index (χ1n) is 5.52. The highest BCUT2D eigenvalue weighted by Crippen LogP contribution is 2.17. The van der Waals surface area contributed by atoms with E-state index in [0.29, 0.717) is 6.10 Å². The summed E-state index contributed by atoms with van der Waals surface area (Å²) in [6.45, 7) is 4.24. The Bertz CT molecular complexity index is 302. The molecule has 3 heteroatoms. The highest BCUT2D eigenvalue weighted by molar-refractivity contribution is 5.19. The van der Waals surface area contributed by atoms with Gasteiger partial charge in [-0.1, -0.05) is 0 Å². The van der Waals surface area contributed by atoms with E-state index in [4.69, 9.17) is 4.74 Å². The maximum atomic E-state index is 5.87. The van der Waals surface area contributed by atoms with Crippen molar-refractivity contribution >= 4 is 0 Å². The van der Waals surface area contributed by atoms with Crippen LogP contribution in [0.15, 0.2) is 18.3 Å². The van der Waals surface area contributed by atoms with Crippen molar-refractivity contribution in [1.29, 1.82) is 0 Å². The molecule has 0 amide bonds. The van der Waals surface area contributed by atoms with Crippen molar-refractivity contribution in [3.05, 3.63) is 24.0 Å². The van der Waals surface area contributed by atoms with Crippen LogP contribution < -0.4 is 4.74 Å². The monoisotopic (exact) mass is 206 g/mol. The van der Waals surface area contributed by atoms with Gasteiger partial charge >= 0.3 is 0 Å². The summed E-state index contributed by atoms with van der Waals surface area (Å²) in [6.07, 6.45) is 4.41. The van der Waals surface area contributed by atoms with Gasteiger partial charge in [0.15, 0.2) is 0 Å². The van der Waals surface area contributed by atoms with E-state index in [1.807, 2.05) is 25.3 Å². The van der Waals surface area contributed by atoms with Gasteiger partial charge in [-0.05, 0) is 38.9 Å². The highest BCUT2D eigenvalue weighted by atomic mass is 16.5. The van der Waals surface area contributed by atoms with Crippen molar-refractivity contribution in [2.45, 2.75) is 25.9 Å². The molecule has 1 saturated heterocycles. The molecule has 1 aromatic rings. The normalized spacial score (nSPS) is 19.1. The van der Waals surface area contributed by atoms with Crippen LogP contribution in [0.2, 0.25) is 0 Å². The van der Waals surface area contributed by atoms with Crippen LogP contribution in [-0.4, -0.2) is 36.1 Å². The maximum absolute atomic E-state index is 5.87. The number of pyridine rings is 1. The number of aryl methyl sites for hydroxylation is 1. The van der Waals surface area contributed by atoms with E-state index >= 15 is 0 Å². The molecule has 1 aliphatic heterocycles.